The van der Waals surface area contributed by atoms with E-state index in [-0.39, 0.29) is 0 Å². The summed E-state index contributed by atoms with van der Waals surface area (Å²) in [5.41, 5.74) is 9.85. The molecule has 16 heavy (non-hydrogen) atoms. The maximum Gasteiger partial charge on any atom is -0.0235 e. The van der Waals surface area contributed by atoms with Crippen LogP contribution in [0, 0.1) is 0 Å². The number of fused-ring (bicyclic) bond motifs is 1. The molecule has 0 N–H and O–H groups in total. The molecule has 0 nitrogen and oxygen atoms in total. The lowest BCUT2D eigenvalue weighted by molar-refractivity contribution is 0.763. The van der Waals surface area contributed by atoms with Crippen LogP contribution in [0.2, 0.25) is 0 Å². The van der Waals surface area contributed by atoms with Gasteiger partial charge in [-0.2, -0.15) is 0 Å². The summed E-state index contributed by atoms with van der Waals surface area (Å²) < 4.78 is 0. The molecule has 0 atom stereocenters. The topological polar surface area (TPSA) is 0 Å². The van der Waals surface area contributed by atoms with Gasteiger partial charge in [0.2, 0.25) is 0 Å². The third-order valence-electron chi connectivity index (χ3n) is 4.18. The zero-order valence-electron chi connectivity index (χ0n) is 10.4. The summed E-state index contributed by atoms with van der Waals surface area (Å²) in [6, 6.07) is 0. The van der Waals surface area contributed by atoms with E-state index in [1.165, 1.54) is 38.5 Å². The zero-order chi connectivity index (χ0) is 11.1. The van der Waals surface area contributed by atoms with Gasteiger partial charge in [-0.25, -0.2) is 0 Å². The van der Waals surface area contributed by atoms with E-state index < -0.39 is 0 Å². The van der Waals surface area contributed by atoms with Crippen LogP contribution >= 0.6 is 0 Å². The van der Waals surface area contributed by atoms with Crippen molar-refractivity contribution < 1.29 is 0 Å². The molecule has 0 amide bonds. The molecule has 0 saturated heterocycles. The van der Waals surface area contributed by atoms with Gasteiger partial charge < -0.3 is 0 Å². The fraction of sp³-hybridized carbons (Fsp3) is 0.500. The Kier molecular flexibility index (Phi) is 2.38. The lowest BCUT2D eigenvalue weighted by Gasteiger charge is -2.30. The van der Waals surface area contributed by atoms with Crippen molar-refractivity contribution in [2.24, 2.45) is 0 Å². The molecule has 0 spiro atoms. The smallest absolute Gasteiger partial charge is 0.0235 e. The maximum absolute atomic E-state index is 2.45. The summed E-state index contributed by atoms with van der Waals surface area (Å²) in [5.74, 6) is 0. The normalized spacial score (nSPS) is 24.9. The fourth-order valence-corrected chi connectivity index (χ4v) is 3.28. The lowest BCUT2D eigenvalue weighted by Crippen LogP contribution is -2.11. The predicted octanol–water partition coefficient (Wildman–Crippen LogP) is 4.85. The molecule has 0 aromatic rings. The van der Waals surface area contributed by atoms with Crippen molar-refractivity contribution in [3.05, 3.63) is 45.6 Å². The Bertz CT molecular complexity index is 408. The second-order valence-electron chi connectivity index (χ2n) is 5.49. The van der Waals surface area contributed by atoms with E-state index in [0.717, 1.165) is 0 Å². The molecule has 0 saturated carbocycles. The highest BCUT2D eigenvalue weighted by molar-refractivity contribution is 5.53. The van der Waals surface area contributed by atoms with Crippen molar-refractivity contribution in [2.45, 2.75) is 52.4 Å². The molecule has 0 radical (unpaired) electrons. The van der Waals surface area contributed by atoms with Crippen LogP contribution in [0.25, 0.3) is 0 Å². The molecule has 0 aliphatic heterocycles. The van der Waals surface area contributed by atoms with Crippen LogP contribution in [0.4, 0.5) is 0 Å². The van der Waals surface area contributed by atoms with E-state index in [2.05, 4.69) is 26.0 Å². The molecular formula is C16H20. The Morgan fingerprint density at radius 3 is 1.50 bits per heavy atom. The minimum absolute atomic E-state index is 1.27. The van der Waals surface area contributed by atoms with Gasteiger partial charge in [0, 0.05) is 0 Å². The second kappa shape index (κ2) is 3.76. The summed E-state index contributed by atoms with van der Waals surface area (Å²) in [6.45, 7) is 4.55. The van der Waals surface area contributed by atoms with Crippen molar-refractivity contribution in [1.29, 1.82) is 0 Å². The maximum atomic E-state index is 2.45. The molecule has 0 heterocycles. The number of rotatable bonds is 0. The minimum Gasteiger partial charge on any atom is -0.0727 e. The second-order valence-corrected chi connectivity index (χ2v) is 5.49. The quantitative estimate of drug-likeness (QED) is 0.538. The molecule has 0 unspecified atom stereocenters. The third-order valence-corrected chi connectivity index (χ3v) is 4.18. The average molecular weight is 212 g/mol. The van der Waals surface area contributed by atoms with Crippen molar-refractivity contribution in [3.8, 4) is 0 Å². The van der Waals surface area contributed by atoms with Gasteiger partial charge >= 0.3 is 0 Å². The molecule has 3 rings (SSSR count). The van der Waals surface area contributed by atoms with Gasteiger partial charge in [-0.3, -0.25) is 0 Å². The van der Waals surface area contributed by atoms with Gasteiger partial charge in [0.15, 0.2) is 0 Å². The third kappa shape index (κ3) is 1.61. The van der Waals surface area contributed by atoms with E-state index in [9.17, 15) is 0 Å². The standard InChI is InChI=1S/C16H20/c1-11-3-7-15-13(9-11)5-6-14-10-12(2)4-8-16(14)15/h9-10H,3-8H2,1-2H3. The Hall–Kier alpha value is -1.04. The van der Waals surface area contributed by atoms with Crippen LogP contribution in [0.1, 0.15) is 52.4 Å². The van der Waals surface area contributed by atoms with Gasteiger partial charge in [0.1, 0.15) is 0 Å². The molecule has 84 valence electrons. The Balaban J connectivity index is 2.05. The van der Waals surface area contributed by atoms with Crippen LogP contribution in [-0.4, -0.2) is 0 Å². The number of hydrogen-bond donors (Lipinski definition) is 0. The number of hydrogen-bond acceptors (Lipinski definition) is 0. The van der Waals surface area contributed by atoms with Crippen molar-refractivity contribution in [3.63, 3.8) is 0 Å². The number of allylic oxidation sites excluding steroid dienone is 8. The van der Waals surface area contributed by atoms with E-state index in [0.29, 0.717) is 0 Å². The van der Waals surface area contributed by atoms with Crippen molar-refractivity contribution >= 4 is 0 Å². The van der Waals surface area contributed by atoms with Gasteiger partial charge in [-0.15, -0.1) is 0 Å². The van der Waals surface area contributed by atoms with E-state index in [1.807, 2.05) is 0 Å². The fourth-order valence-electron chi connectivity index (χ4n) is 3.28. The van der Waals surface area contributed by atoms with Crippen LogP contribution in [0.5, 0.6) is 0 Å². The highest BCUT2D eigenvalue weighted by atomic mass is 14.3. The Morgan fingerprint density at radius 2 is 1.06 bits per heavy atom. The van der Waals surface area contributed by atoms with Crippen LogP contribution in [0.15, 0.2) is 45.6 Å². The van der Waals surface area contributed by atoms with Gasteiger partial charge in [-0.05, 0) is 74.7 Å². The van der Waals surface area contributed by atoms with Crippen LogP contribution in [-0.2, 0) is 0 Å². The van der Waals surface area contributed by atoms with Crippen molar-refractivity contribution in [1.82, 2.24) is 0 Å². The molecule has 3 aliphatic carbocycles. The molecule has 0 heteroatoms. The summed E-state index contributed by atoms with van der Waals surface area (Å²) >= 11 is 0. The largest absolute Gasteiger partial charge is 0.0727 e. The first-order valence-electron chi connectivity index (χ1n) is 6.53. The monoisotopic (exact) mass is 212 g/mol. The van der Waals surface area contributed by atoms with E-state index >= 15 is 0 Å². The first-order chi connectivity index (χ1) is 7.74. The Morgan fingerprint density at radius 1 is 0.625 bits per heavy atom. The van der Waals surface area contributed by atoms with E-state index in [1.54, 1.807) is 33.4 Å². The first-order valence-corrected chi connectivity index (χ1v) is 6.53. The highest BCUT2D eigenvalue weighted by Gasteiger charge is 2.23. The van der Waals surface area contributed by atoms with Gasteiger partial charge in [-0.1, -0.05) is 23.3 Å². The minimum atomic E-state index is 1.27. The van der Waals surface area contributed by atoms with Crippen molar-refractivity contribution in [2.75, 3.05) is 0 Å². The molecule has 0 bridgehead atoms. The van der Waals surface area contributed by atoms with Crippen LogP contribution in [0.3, 0.4) is 0 Å². The predicted molar refractivity (Wildman–Crippen MR) is 69.3 cm³/mol. The Labute approximate surface area is 98.4 Å². The summed E-state index contributed by atoms with van der Waals surface area (Å²) in [6.07, 6.45) is 12.6. The van der Waals surface area contributed by atoms with Gasteiger partial charge in [0.25, 0.3) is 0 Å². The highest BCUT2D eigenvalue weighted by Crippen LogP contribution is 2.42. The van der Waals surface area contributed by atoms with Gasteiger partial charge in [0.05, 0.1) is 0 Å². The molecular weight excluding hydrogens is 192 g/mol. The molecule has 0 aromatic carbocycles. The summed E-state index contributed by atoms with van der Waals surface area (Å²) in [4.78, 5) is 0. The lowest BCUT2D eigenvalue weighted by atomic mass is 9.75. The summed E-state index contributed by atoms with van der Waals surface area (Å²) in [7, 11) is 0. The summed E-state index contributed by atoms with van der Waals surface area (Å²) in [5, 5.41) is 0. The average Bonchev–Trinajstić information content (AvgIpc) is 2.28. The molecule has 0 aromatic heterocycles. The van der Waals surface area contributed by atoms with Crippen LogP contribution < -0.4 is 0 Å². The molecule has 3 aliphatic rings. The SMILES string of the molecule is CC1=CC2=C(CC1)C1=C(C=C(C)CC1)CC2. The molecule has 0 fully saturated rings. The van der Waals surface area contributed by atoms with E-state index in [4.69, 9.17) is 0 Å². The first kappa shape index (κ1) is 10.1. The zero-order valence-corrected chi connectivity index (χ0v) is 10.4.